The van der Waals surface area contributed by atoms with Gasteiger partial charge in [-0.25, -0.2) is 0 Å². The molecule has 0 aromatic heterocycles. The summed E-state index contributed by atoms with van der Waals surface area (Å²) in [6, 6.07) is 0. The molecule has 0 aliphatic heterocycles. The van der Waals surface area contributed by atoms with Crippen LogP contribution in [-0.2, 0) is 49.1 Å². The fraction of sp³-hybridized carbons (Fsp3) is 0. The van der Waals surface area contributed by atoms with E-state index in [0.29, 0.717) is 0 Å². The molecule has 0 rings (SSSR count). The Morgan fingerprint density at radius 1 is 0.500 bits per heavy atom. The van der Waals surface area contributed by atoms with E-state index in [0.717, 1.165) is 0 Å². The molecule has 8 heteroatoms. The Balaban J connectivity index is 0. The third-order valence-electron chi connectivity index (χ3n) is 0. The van der Waals surface area contributed by atoms with Crippen molar-refractivity contribution < 1.29 is 49.1 Å². The minimum absolute atomic E-state index is 0. The zero-order valence-corrected chi connectivity index (χ0v) is 11.0. The normalized spacial score (nSPS) is 0. The van der Waals surface area contributed by atoms with Crippen LogP contribution in [0.4, 0.5) is 0 Å². The summed E-state index contributed by atoms with van der Waals surface area (Å²) >= 11 is 0. The van der Waals surface area contributed by atoms with Crippen molar-refractivity contribution >= 4 is 45.6 Å². The van der Waals surface area contributed by atoms with Crippen LogP contribution in [0.25, 0.3) is 0 Å². The summed E-state index contributed by atoms with van der Waals surface area (Å²) in [6.45, 7) is 0. The second-order valence-corrected chi connectivity index (χ2v) is 0. The molecule has 0 heterocycles. The molecular weight excluding hydrogens is 312 g/mol. The summed E-state index contributed by atoms with van der Waals surface area (Å²) in [4.78, 5) is 0. The van der Waals surface area contributed by atoms with Crippen LogP contribution in [0, 0.1) is 0 Å². The molecule has 0 saturated heterocycles. The minimum Gasteiger partial charge on any atom is -2.00 e. The molecule has 0 aliphatic rings. The standard InChI is InChI=1S/Ga.In.5O.Ti/q2*+3;5*-2;+4. The van der Waals surface area contributed by atoms with Crippen molar-refractivity contribution in [1.29, 1.82) is 0 Å². The van der Waals surface area contributed by atoms with Gasteiger partial charge in [0, 0.05) is 0 Å². The molecule has 0 aromatic rings. The Bertz CT molecular complexity index is 12.4. The number of rotatable bonds is 0. The van der Waals surface area contributed by atoms with Crippen LogP contribution in [0.2, 0.25) is 0 Å². The van der Waals surface area contributed by atoms with Crippen molar-refractivity contribution in [3.05, 3.63) is 0 Å². The maximum Gasteiger partial charge on any atom is 4.00 e. The molecule has 0 spiro atoms. The second-order valence-electron chi connectivity index (χ2n) is 0. The molecule has 0 amide bonds. The van der Waals surface area contributed by atoms with Gasteiger partial charge in [-0.2, -0.15) is 0 Å². The smallest absolute Gasteiger partial charge is 2.00 e. The van der Waals surface area contributed by atoms with E-state index in [1.54, 1.807) is 0 Å². The van der Waals surface area contributed by atoms with Gasteiger partial charge in [0.15, 0.2) is 0 Å². The quantitative estimate of drug-likeness (QED) is 0.487. The van der Waals surface area contributed by atoms with Gasteiger partial charge in [-0.1, -0.05) is 0 Å². The Kier molecular flexibility index (Phi) is 3550. The fourth-order valence-corrected chi connectivity index (χ4v) is 0. The summed E-state index contributed by atoms with van der Waals surface area (Å²) in [5, 5.41) is 0. The van der Waals surface area contributed by atoms with E-state index in [9.17, 15) is 0 Å². The third kappa shape index (κ3) is 96.8. The molecule has 5 nitrogen and oxygen atoms in total. The van der Waals surface area contributed by atoms with Crippen LogP contribution in [0.5, 0.6) is 0 Å². The van der Waals surface area contributed by atoms with Gasteiger partial charge >= 0.3 is 67.4 Å². The van der Waals surface area contributed by atoms with Gasteiger partial charge in [-0.15, -0.1) is 0 Å². The molecule has 0 fully saturated rings. The van der Waals surface area contributed by atoms with Crippen LogP contribution in [-0.4, -0.2) is 45.6 Å². The van der Waals surface area contributed by atoms with Gasteiger partial charge < -0.3 is 27.4 Å². The average molecular weight is 312 g/mol. The van der Waals surface area contributed by atoms with Crippen LogP contribution in [0.1, 0.15) is 0 Å². The van der Waals surface area contributed by atoms with E-state index in [1.807, 2.05) is 0 Å². The van der Waals surface area contributed by atoms with E-state index >= 15 is 0 Å². The first-order valence-corrected chi connectivity index (χ1v) is 0. The van der Waals surface area contributed by atoms with Crippen LogP contribution in [0.15, 0.2) is 0 Å². The van der Waals surface area contributed by atoms with Crippen LogP contribution in [0.3, 0.4) is 0 Å². The Morgan fingerprint density at radius 3 is 0.500 bits per heavy atom. The molecule has 40 valence electrons. The predicted molar refractivity (Wildman–Crippen MR) is 14.9 cm³/mol. The second kappa shape index (κ2) is 142. The average Bonchev–Trinajstić information content (AvgIpc) is 0. The van der Waals surface area contributed by atoms with Crippen molar-refractivity contribution in [3.63, 3.8) is 0 Å². The van der Waals surface area contributed by atoms with E-state index < -0.39 is 0 Å². The SMILES string of the molecule is [Ga+3].[In+3].[O-2].[O-2].[O-2].[O-2].[O-2].[Ti+4]. The van der Waals surface area contributed by atoms with Crippen molar-refractivity contribution in [2.24, 2.45) is 0 Å². The summed E-state index contributed by atoms with van der Waals surface area (Å²) < 4.78 is 0. The zero-order valence-electron chi connectivity index (χ0n) is 3.70. The van der Waals surface area contributed by atoms with E-state index in [2.05, 4.69) is 0 Å². The fourth-order valence-electron chi connectivity index (χ4n) is 0. The Morgan fingerprint density at radius 2 is 0.500 bits per heavy atom. The van der Waals surface area contributed by atoms with Crippen LogP contribution >= 0.6 is 0 Å². The number of hydrogen-bond acceptors (Lipinski definition) is 0. The topological polar surface area (TPSA) is 142 Å². The van der Waals surface area contributed by atoms with Gasteiger partial charge in [-0.3, -0.25) is 0 Å². The summed E-state index contributed by atoms with van der Waals surface area (Å²) in [6.07, 6.45) is 0. The van der Waals surface area contributed by atoms with E-state index in [-0.39, 0.29) is 94.7 Å². The molecular formula is GaInO5Ti. The van der Waals surface area contributed by atoms with Crippen molar-refractivity contribution in [2.75, 3.05) is 0 Å². The van der Waals surface area contributed by atoms with Crippen molar-refractivity contribution in [2.45, 2.75) is 0 Å². The largest absolute Gasteiger partial charge is 4.00 e. The van der Waals surface area contributed by atoms with Gasteiger partial charge in [-0.05, 0) is 0 Å². The molecule has 0 aromatic carbocycles. The van der Waals surface area contributed by atoms with E-state index in [1.165, 1.54) is 0 Å². The summed E-state index contributed by atoms with van der Waals surface area (Å²) in [5.41, 5.74) is 0. The van der Waals surface area contributed by atoms with Crippen LogP contribution < -0.4 is 0 Å². The molecule has 0 radical (unpaired) electrons. The predicted octanol–water partition coefficient (Wildman–Crippen LogP) is -1.36. The zero-order chi connectivity index (χ0) is 0. The molecule has 0 bridgehead atoms. The molecule has 0 saturated carbocycles. The Labute approximate surface area is 93.9 Å². The first-order valence-electron chi connectivity index (χ1n) is 0. The maximum atomic E-state index is 0. The van der Waals surface area contributed by atoms with Gasteiger partial charge in [0.05, 0.1) is 0 Å². The first-order chi connectivity index (χ1) is 0. The van der Waals surface area contributed by atoms with Crippen molar-refractivity contribution in [1.82, 2.24) is 0 Å². The monoisotopic (exact) mass is 312 g/mol. The Hall–Kier alpha value is 2.02. The molecule has 0 unspecified atom stereocenters. The first kappa shape index (κ1) is 200. The number of hydrogen-bond donors (Lipinski definition) is 0. The summed E-state index contributed by atoms with van der Waals surface area (Å²) in [7, 11) is 0. The molecule has 0 N–H and O–H groups in total. The minimum atomic E-state index is 0. The molecule has 0 aliphatic carbocycles. The maximum absolute atomic E-state index is 0. The summed E-state index contributed by atoms with van der Waals surface area (Å²) in [5.74, 6) is 0. The van der Waals surface area contributed by atoms with E-state index in [4.69, 9.17) is 0 Å². The molecule has 0 atom stereocenters. The van der Waals surface area contributed by atoms with Gasteiger partial charge in [0.2, 0.25) is 0 Å². The third-order valence-corrected chi connectivity index (χ3v) is 0. The molecule has 8 heavy (non-hydrogen) atoms. The van der Waals surface area contributed by atoms with Gasteiger partial charge in [0.25, 0.3) is 0 Å². The van der Waals surface area contributed by atoms with Gasteiger partial charge in [0.1, 0.15) is 0 Å². The van der Waals surface area contributed by atoms with Crippen molar-refractivity contribution in [3.8, 4) is 0 Å².